The predicted octanol–water partition coefficient (Wildman–Crippen LogP) is 4.57. The maximum atomic E-state index is 12.4. The fourth-order valence-electron chi connectivity index (χ4n) is 2.36. The third kappa shape index (κ3) is 9.25. The highest BCUT2D eigenvalue weighted by atomic mass is 16.6. The molecule has 1 rings (SSSR count). The van der Waals surface area contributed by atoms with Crippen LogP contribution >= 0.6 is 0 Å². The van der Waals surface area contributed by atoms with E-state index in [9.17, 15) is 9.59 Å². The average molecular weight is 361 g/mol. The lowest BCUT2D eigenvalue weighted by atomic mass is 10.0. The van der Waals surface area contributed by atoms with Crippen molar-refractivity contribution in [2.24, 2.45) is 5.92 Å². The van der Waals surface area contributed by atoms with Crippen LogP contribution < -0.4 is 0 Å². The molecule has 0 fully saturated rings. The third-order valence-electron chi connectivity index (χ3n) is 3.33. The molecule has 0 bridgehead atoms. The largest absolute Gasteiger partial charge is 0.459 e. The van der Waals surface area contributed by atoms with Crippen LogP contribution in [-0.2, 0) is 20.9 Å². The third-order valence-corrected chi connectivity index (χ3v) is 3.33. The van der Waals surface area contributed by atoms with Crippen LogP contribution in [0.2, 0.25) is 0 Å². The molecule has 0 saturated carbocycles. The standard InChI is InChI=1S/C21H31NO4/c1-16(2)12-17(3)13-22(20(24)26-21(4,5)6)14-19(23)25-15-18-10-8-7-9-11-18/h7-11,16H,3,12-15H2,1-2,4-6H3. The molecule has 0 aliphatic carbocycles. The second-order valence-electron chi connectivity index (χ2n) is 7.83. The zero-order chi connectivity index (χ0) is 19.7. The number of hydrogen-bond donors (Lipinski definition) is 0. The maximum Gasteiger partial charge on any atom is 0.411 e. The van der Waals surface area contributed by atoms with E-state index in [0.29, 0.717) is 5.92 Å². The van der Waals surface area contributed by atoms with Gasteiger partial charge >= 0.3 is 12.1 Å². The molecule has 0 radical (unpaired) electrons. The van der Waals surface area contributed by atoms with Crippen molar-refractivity contribution in [2.45, 2.75) is 53.2 Å². The molecule has 0 unspecified atom stereocenters. The zero-order valence-corrected chi connectivity index (χ0v) is 16.6. The number of benzene rings is 1. The molecule has 5 heteroatoms. The smallest absolute Gasteiger partial charge is 0.411 e. The first-order valence-corrected chi connectivity index (χ1v) is 8.91. The van der Waals surface area contributed by atoms with Crippen molar-refractivity contribution in [3.8, 4) is 0 Å². The van der Waals surface area contributed by atoms with Crippen LogP contribution in [0.15, 0.2) is 42.5 Å². The van der Waals surface area contributed by atoms with E-state index in [2.05, 4.69) is 20.4 Å². The van der Waals surface area contributed by atoms with Crippen LogP contribution in [0.1, 0.15) is 46.6 Å². The Bertz CT molecular complexity index is 602. The topological polar surface area (TPSA) is 55.8 Å². The van der Waals surface area contributed by atoms with Gasteiger partial charge in [-0.25, -0.2) is 4.79 Å². The van der Waals surface area contributed by atoms with Gasteiger partial charge in [0.1, 0.15) is 18.8 Å². The van der Waals surface area contributed by atoms with Crippen molar-refractivity contribution in [3.05, 3.63) is 48.0 Å². The Morgan fingerprint density at radius 2 is 1.73 bits per heavy atom. The molecule has 0 aromatic heterocycles. The second-order valence-corrected chi connectivity index (χ2v) is 7.83. The van der Waals surface area contributed by atoms with Crippen LogP contribution in [0.3, 0.4) is 0 Å². The fraction of sp³-hybridized carbons (Fsp3) is 0.524. The summed E-state index contributed by atoms with van der Waals surface area (Å²) >= 11 is 0. The molecule has 0 saturated heterocycles. The highest BCUT2D eigenvalue weighted by Gasteiger charge is 2.25. The fourth-order valence-corrected chi connectivity index (χ4v) is 2.36. The number of amides is 1. The summed E-state index contributed by atoms with van der Waals surface area (Å²) in [5.41, 5.74) is 1.14. The minimum absolute atomic E-state index is 0.168. The Morgan fingerprint density at radius 1 is 1.12 bits per heavy atom. The highest BCUT2D eigenvalue weighted by molar-refractivity contribution is 5.78. The molecule has 26 heavy (non-hydrogen) atoms. The van der Waals surface area contributed by atoms with Gasteiger partial charge in [-0.3, -0.25) is 9.69 Å². The summed E-state index contributed by atoms with van der Waals surface area (Å²) in [4.78, 5) is 26.0. The molecule has 5 nitrogen and oxygen atoms in total. The van der Waals surface area contributed by atoms with Crippen molar-refractivity contribution < 1.29 is 19.1 Å². The first-order valence-electron chi connectivity index (χ1n) is 8.91. The Hall–Kier alpha value is -2.30. The maximum absolute atomic E-state index is 12.4. The summed E-state index contributed by atoms with van der Waals surface area (Å²) in [6, 6.07) is 9.42. The first-order chi connectivity index (χ1) is 12.1. The van der Waals surface area contributed by atoms with Crippen LogP contribution in [0, 0.1) is 5.92 Å². The summed E-state index contributed by atoms with van der Waals surface area (Å²) in [6.45, 7) is 13.8. The predicted molar refractivity (Wildman–Crippen MR) is 103 cm³/mol. The second kappa shape index (κ2) is 10.00. The van der Waals surface area contributed by atoms with Gasteiger partial charge in [-0.2, -0.15) is 0 Å². The van der Waals surface area contributed by atoms with E-state index >= 15 is 0 Å². The lowest BCUT2D eigenvalue weighted by molar-refractivity contribution is -0.146. The Kier molecular flexibility index (Phi) is 8.36. The van der Waals surface area contributed by atoms with Crippen LogP contribution in [-0.4, -0.2) is 35.7 Å². The molecule has 144 valence electrons. The van der Waals surface area contributed by atoms with E-state index in [-0.39, 0.29) is 19.7 Å². The Balaban J connectivity index is 2.68. The number of ether oxygens (including phenoxy) is 2. The van der Waals surface area contributed by atoms with E-state index in [1.165, 1.54) is 4.90 Å². The minimum atomic E-state index is -0.636. The van der Waals surface area contributed by atoms with Gasteiger partial charge in [-0.15, -0.1) is 0 Å². The van der Waals surface area contributed by atoms with Crippen molar-refractivity contribution in [1.82, 2.24) is 4.90 Å². The zero-order valence-electron chi connectivity index (χ0n) is 16.6. The monoisotopic (exact) mass is 361 g/mol. The van der Waals surface area contributed by atoms with Crippen LogP contribution in [0.5, 0.6) is 0 Å². The van der Waals surface area contributed by atoms with E-state index in [1.54, 1.807) is 20.8 Å². The van der Waals surface area contributed by atoms with E-state index < -0.39 is 17.7 Å². The Morgan fingerprint density at radius 3 is 2.27 bits per heavy atom. The van der Waals surface area contributed by atoms with Gasteiger partial charge < -0.3 is 9.47 Å². The highest BCUT2D eigenvalue weighted by Crippen LogP contribution is 2.14. The number of hydrogen-bond acceptors (Lipinski definition) is 4. The van der Waals surface area contributed by atoms with Crippen LogP contribution in [0.25, 0.3) is 0 Å². The summed E-state index contributed by atoms with van der Waals surface area (Å²) in [7, 11) is 0. The molecule has 0 spiro atoms. The van der Waals surface area contributed by atoms with Crippen molar-refractivity contribution >= 4 is 12.1 Å². The molecular formula is C21H31NO4. The molecule has 0 heterocycles. The van der Waals surface area contributed by atoms with Gasteiger partial charge in [-0.1, -0.05) is 56.3 Å². The summed E-state index contributed by atoms with van der Waals surface area (Å²) in [6.07, 6.45) is 0.234. The van der Waals surface area contributed by atoms with Crippen LogP contribution in [0.4, 0.5) is 4.79 Å². The van der Waals surface area contributed by atoms with Gasteiger partial charge in [0.05, 0.1) is 0 Å². The average Bonchev–Trinajstić information content (AvgIpc) is 2.51. The molecule has 1 amide bonds. The van der Waals surface area contributed by atoms with Gasteiger partial charge in [-0.05, 0) is 38.7 Å². The van der Waals surface area contributed by atoms with Gasteiger partial charge in [0.2, 0.25) is 0 Å². The molecule has 0 atom stereocenters. The SMILES string of the molecule is C=C(CC(C)C)CN(CC(=O)OCc1ccccc1)C(=O)OC(C)(C)C. The van der Waals surface area contributed by atoms with E-state index in [1.807, 2.05) is 30.3 Å². The summed E-state index contributed by atoms with van der Waals surface area (Å²) < 4.78 is 10.7. The van der Waals surface area contributed by atoms with Gasteiger partial charge in [0.25, 0.3) is 0 Å². The lowest BCUT2D eigenvalue weighted by Crippen LogP contribution is -2.41. The van der Waals surface area contributed by atoms with Gasteiger partial charge in [0.15, 0.2) is 0 Å². The molecular weight excluding hydrogens is 330 g/mol. The van der Waals surface area contributed by atoms with E-state index in [0.717, 1.165) is 17.6 Å². The quantitative estimate of drug-likeness (QED) is 0.503. The summed E-state index contributed by atoms with van der Waals surface area (Å²) in [5.74, 6) is -0.0509. The van der Waals surface area contributed by atoms with Gasteiger partial charge in [0, 0.05) is 6.54 Å². The number of esters is 1. The number of nitrogens with zero attached hydrogens (tertiary/aromatic N) is 1. The number of carbonyl (C=O) groups is 2. The molecule has 1 aromatic rings. The number of rotatable bonds is 8. The minimum Gasteiger partial charge on any atom is -0.459 e. The summed E-state index contributed by atoms with van der Waals surface area (Å²) in [5, 5.41) is 0. The molecule has 0 aliphatic rings. The molecule has 1 aromatic carbocycles. The number of carbonyl (C=O) groups excluding carboxylic acids is 2. The molecule has 0 aliphatic heterocycles. The normalized spacial score (nSPS) is 11.2. The molecule has 0 N–H and O–H groups in total. The Labute approximate surface area is 157 Å². The van der Waals surface area contributed by atoms with Crippen molar-refractivity contribution in [2.75, 3.05) is 13.1 Å². The van der Waals surface area contributed by atoms with E-state index in [4.69, 9.17) is 9.47 Å². The first kappa shape index (κ1) is 21.7. The van der Waals surface area contributed by atoms with Crippen molar-refractivity contribution in [1.29, 1.82) is 0 Å². The lowest BCUT2D eigenvalue weighted by Gasteiger charge is -2.27. The van der Waals surface area contributed by atoms with Crippen molar-refractivity contribution in [3.63, 3.8) is 0 Å².